The molecule has 16 heavy (non-hydrogen) atoms. The van der Waals surface area contributed by atoms with Gasteiger partial charge in [-0.3, -0.25) is 4.79 Å². The minimum Gasteiger partial charge on any atom is -0.384 e. The van der Waals surface area contributed by atoms with Crippen molar-refractivity contribution in [1.29, 1.82) is 0 Å². The van der Waals surface area contributed by atoms with Crippen LogP contribution in [0.1, 0.15) is 23.7 Å². The maximum atomic E-state index is 11.4. The summed E-state index contributed by atoms with van der Waals surface area (Å²) in [5, 5.41) is 3.31. The third-order valence-electron chi connectivity index (χ3n) is 2.42. The predicted octanol–water partition coefficient (Wildman–Crippen LogP) is 2.25. The van der Waals surface area contributed by atoms with Crippen LogP contribution in [0.4, 0.5) is 5.69 Å². The van der Waals surface area contributed by atoms with Gasteiger partial charge in [-0.05, 0) is 38.4 Å². The van der Waals surface area contributed by atoms with Crippen molar-refractivity contribution in [2.45, 2.75) is 13.3 Å². The fraction of sp³-hybridized carbons (Fsp3) is 0.462. The summed E-state index contributed by atoms with van der Waals surface area (Å²) in [5.41, 5.74) is 1.86. The Kier molecular flexibility index (Phi) is 4.99. The number of hydrogen-bond acceptors (Lipinski definition) is 3. The molecule has 0 atom stereocenters. The van der Waals surface area contributed by atoms with Crippen LogP contribution in [0.2, 0.25) is 0 Å². The molecule has 0 aliphatic carbocycles. The van der Waals surface area contributed by atoms with Gasteiger partial charge in [0, 0.05) is 30.8 Å². The van der Waals surface area contributed by atoms with Gasteiger partial charge in [0.15, 0.2) is 5.78 Å². The number of nitrogens with zero attached hydrogens (tertiary/aromatic N) is 1. The Morgan fingerprint density at radius 3 is 2.38 bits per heavy atom. The van der Waals surface area contributed by atoms with Gasteiger partial charge >= 0.3 is 0 Å². The van der Waals surface area contributed by atoms with Gasteiger partial charge in [-0.1, -0.05) is 6.92 Å². The molecule has 0 saturated heterocycles. The quantitative estimate of drug-likeness (QED) is 0.746. The first kappa shape index (κ1) is 12.7. The lowest BCUT2D eigenvalue weighted by atomic mass is 10.1. The smallest absolute Gasteiger partial charge is 0.162 e. The molecular weight excluding hydrogens is 200 g/mol. The van der Waals surface area contributed by atoms with E-state index in [1.807, 2.05) is 45.3 Å². The molecule has 0 spiro atoms. The SMILES string of the molecule is CCC(=O)c1ccc(NCCN(C)C)cc1. The highest BCUT2D eigenvalue weighted by Crippen LogP contribution is 2.10. The van der Waals surface area contributed by atoms with Gasteiger partial charge in [0.25, 0.3) is 0 Å². The Morgan fingerprint density at radius 2 is 1.88 bits per heavy atom. The van der Waals surface area contributed by atoms with Crippen molar-refractivity contribution in [3.05, 3.63) is 29.8 Å². The summed E-state index contributed by atoms with van der Waals surface area (Å²) >= 11 is 0. The van der Waals surface area contributed by atoms with Crippen LogP contribution in [-0.4, -0.2) is 37.9 Å². The zero-order valence-electron chi connectivity index (χ0n) is 10.3. The van der Waals surface area contributed by atoms with E-state index < -0.39 is 0 Å². The first-order valence-electron chi connectivity index (χ1n) is 5.65. The summed E-state index contributed by atoms with van der Waals surface area (Å²) in [4.78, 5) is 13.5. The molecule has 0 bridgehead atoms. The molecule has 0 heterocycles. The first-order chi connectivity index (χ1) is 7.63. The number of likely N-dealkylation sites (N-methyl/N-ethyl adjacent to an activating group) is 1. The average Bonchev–Trinajstić information content (AvgIpc) is 2.28. The summed E-state index contributed by atoms with van der Waals surface area (Å²) in [6.07, 6.45) is 0.563. The molecule has 0 saturated carbocycles. The lowest BCUT2D eigenvalue weighted by molar-refractivity contribution is 0.0988. The van der Waals surface area contributed by atoms with Crippen molar-refractivity contribution >= 4 is 11.5 Å². The molecule has 0 aliphatic rings. The molecule has 3 heteroatoms. The van der Waals surface area contributed by atoms with Gasteiger partial charge in [0.05, 0.1) is 0 Å². The van der Waals surface area contributed by atoms with E-state index in [9.17, 15) is 4.79 Å². The maximum Gasteiger partial charge on any atom is 0.162 e. The van der Waals surface area contributed by atoms with E-state index in [4.69, 9.17) is 0 Å². The van der Waals surface area contributed by atoms with E-state index in [0.29, 0.717) is 6.42 Å². The van der Waals surface area contributed by atoms with Crippen LogP contribution in [0.25, 0.3) is 0 Å². The molecule has 0 unspecified atom stereocenters. The second kappa shape index (κ2) is 6.28. The van der Waals surface area contributed by atoms with Crippen molar-refractivity contribution in [2.75, 3.05) is 32.5 Å². The van der Waals surface area contributed by atoms with Gasteiger partial charge < -0.3 is 10.2 Å². The lowest BCUT2D eigenvalue weighted by Crippen LogP contribution is -2.20. The highest BCUT2D eigenvalue weighted by molar-refractivity contribution is 5.96. The van der Waals surface area contributed by atoms with Crippen molar-refractivity contribution in [2.24, 2.45) is 0 Å². The Morgan fingerprint density at radius 1 is 1.25 bits per heavy atom. The molecule has 1 N–H and O–H groups in total. The van der Waals surface area contributed by atoms with E-state index >= 15 is 0 Å². The summed E-state index contributed by atoms with van der Waals surface area (Å²) in [6.45, 7) is 3.79. The van der Waals surface area contributed by atoms with E-state index in [1.54, 1.807) is 0 Å². The molecule has 0 fully saturated rings. The monoisotopic (exact) mass is 220 g/mol. The van der Waals surface area contributed by atoms with Gasteiger partial charge in [-0.2, -0.15) is 0 Å². The van der Waals surface area contributed by atoms with Crippen molar-refractivity contribution in [3.8, 4) is 0 Å². The highest BCUT2D eigenvalue weighted by Gasteiger charge is 2.01. The largest absolute Gasteiger partial charge is 0.384 e. The zero-order chi connectivity index (χ0) is 12.0. The molecule has 88 valence electrons. The van der Waals surface area contributed by atoms with Crippen LogP contribution in [0.15, 0.2) is 24.3 Å². The van der Waals surface area contributed by atoms with Crippen molar-refractivity contribution in [3.63, 3.8) is 0 Å². The fourth-order valence-electron chi connectivity index (χ4n) is 1.40. The number of anilines is 1. The second-order valence-electron chi connectivity index (χ2n) is 4.08. The van der Waals surface area contributed by atoms with Crippen LogP contribution in [-0.2, 0) is 0 Å². The van der Waals surface area contributed by atoms with Gasteiger partial charge in [-0.25, -0.2) is 0 Å². The van der Waals surface area contributed by atoms with Crippen molar-refractivity contribution < 1.29 is 4.79 Å². The number of nitrogens with one attached hydrogen (secondary N) is 1. The number of carbonyl (C=O) groups is 1. The summed E-state index contributed by atoms with van der Waals surface area (Å²) in [6, 6.07) is 7.67. The topological polar surface area (TPSA) is 32.3 Å². The van der Waals surface area contributed by atoms with Crippen LogP contribution >= 0.6 is 0 Å². The highest BCUT2D eigenvalue weighted by atomic mass is 16.1. The molecule has 0 amide bonds. The van der Waals surface area contributed by atoms with E-state index in [1.165, 1.54) is 0 Å². The number of ketones is 1. The first-order valence-corrected chi connectivity index (χ1v) is 5.65. The van der Waals surface area contributed by atoms with E-state index in [-0.39, 0.29) is 5.78 Å². The van der Waals surface area contributed by atoms with E-state index in [2.05, 4.69) is 10.2 Å². The van der Waals surface area contributed by atoms with Crippen LogP contribution in [0, 0.1) is 0 Å². The molecule has 0 radical (unpaired) electrons. The maximum absolute atomic E-state index is 11.4. The number of rotatable bonds is 6. The fourth-order valence-corrected chi connectivity index (χ4v) is 1.40. The zero-order valence-corrected chi connectivity index (χ0v) is 10.3. The minimum atomic E-state index is 0.194. The number of hydrogen-bond donors (Lipinski definition) is 1. The lowest BCUT2D eigenvalue weighted by Gasteiger charge is -2.11. The Bertz CT molecular complexity index is 330. The van der Waals surface area contributed by atoms with E-state index in [0.717, 1.165) is 24.3 Å². The Balaban J connectivity index is 2.48. The molecule has 1 aromatic carbocycles. The Labute approximate surface area is 97.5 Å². The molecular formula is C13H20N2O. The minimum absolute atomic E-state index is 0.194. The summed E-state index contributed by atoms with van der Waals surface area (Å²) in [5.74, 6) is 0.194. The second-order valence-corrected chi connectivity index (χ2v) is 4.08. The third kappa shape index (κ3) is 4.03. The number of Topliss-reactive ketones (excluding diaryl/α,β-unsaturated/α-hetero) is 1. The van der Waals surface area contributed by atoms with Crippen molar-refractivity contribution in [1.82, 2.24) is 4.90 Å². The van der Waals surface area contributed by atoms with Gasteiger partial charge in [0.1, 0.15) is 0 Å². The standard InChI is InChI=1S/C13H20N2O/c1-4-13(16)11-5-7-12(8-6-11)14-9-10-15(2)3/h5-8,14H,4,9-10H2,1-3H3. The predicted molar refractivity (Wildman–Crippen MR) is 68.1 cm³/mol. The number of benzene rings is 1. The van der Waals surface area contributed by atoms with Crippen LogP contribution in [0.3, 0.4) is 0 Å². The summed E-state index contributed by atoms with van der Waals surface area (Å²) in [7, 11) is 4.09. The molecule has 1 rings (SSSR count). The van der Waals surface area contributed by atoms with Gasteiger partial charge in [0.2, 0.25) is 0 Å². The number of carbonyl (C=O) groups excluding carboxylic acids is 1. The molecule has 0 aromatic heterocycles. The van der Waals surface area contributed by atoms with Crippen LogP contribution < -0.4 is 5.32 Å². The third-order valence-corrected chi connectivity index (χ3v) is 2.42. The molecule has 0 aliphatic heterocycles. The Hall–Kier alpha value is -1.35. The molecule has 3 nitrogen and oxygen atoms in total. The normalized spacial score (nSPS) is 10.5. The summed E-state index contributed by atoms with van der Waals surface area (Å²) < 4.78 is 0. The average molecular weight is 220 g/mol. The molecule has 1 aromatic rings. The van der Waals surface area contributed by atoms with Gasteiger partial charge in [-0.15, -0.1) is 0 Å². The van der Waals surface area contributed by atoms with Crippen LogP contribution in [0.5, 0.6) is 0 Å².